The SMILES string of the molecule is CCCNC(=O)NS(=O)(=O)N(CC)CC. The molecule has 90 valence electrons. The van der Waals surface area contributed by atoms with Crippen LogP contribution in [0.5, 0.6) is 0 Å². The van der Waals surface area contributed by atoms with Gasteiger partial charge in [-0.15, -0.1) is 0 Å². The standard InChI is InChI=1S/C8H19N3O3S/c1-4-7-9-8(12)10-15(13,14)11(5-2)6-3/h4-7H2,1-3H3,(H2,9,10,12). The molecule has 0 spiro atoms. The lowest BCUT2D eigenvalue weighted by molar-refractivity contribution is 0.245. The highest BCUT2D eigenvalue weighted by Crippen LogP contribution is 1.95. The van der Waals surface area contributed by atoms with Crippen LogP contribution in [0.25, 0.3) is 0 Å². The molecular formula is C8H19N3O3S. The van der Waals surface area contributed by atoms with E-state index in [0.29, 0.717) is 19.6 Å². The van der Waals surface area contributed by atoms with Gasteiger partial charge in [-0.05, 0) is 6.42 Å². The van der Waals surface area contributed by atoms with Crippen LogP contribution in [0.2, 0.25) is 0 Å². The van der Waals surface area contributed by atoms with Gasteiger partial charge in [0.2, 0.25) is 0 Å². The topological polar surface area (TPSA) is 78.5 Å². The fourth-order valence-electron chi connectivity index (χ4n) is 1.02. The van der Waals surface area contributed by atoms with Gasteiger partial charge in [-0.3, -0.25) is 0 Å². The summed E-state index contributed by atoms with van der Waals surface area (Å²) in [4.78, 5) is 11.1. The Bertz CT molecular complexity index is 286. The highest BCUT2D eigenvalue weighted by atomic mass is 32.2. The fraction of sp³-hybridized carbons (Fsp3) is 0.875. The number of amides is 2. The Kier molecular flexibility index (Phi) is 6.26. The zero-order chi connectivity index (χ0) is 11.9. The van der Waals surface area contributed by atoms with Gasteiger partial charge >= 0.3 is 16.2 Å². The van der Waals surface area contributed by atoms with Gasteiger partial charge in [-0.2, -0.15) is 12.7 Å². The normalized spacial score (nSPS) is 11.5. The van der Waals surface area contributed by atoms with Gasteiger partial charge in [-0.25, -0.2) is 9.52 Å². The zero-order valence-electron chi connectivity index (χ0n) is 9.41. The van der Waals surface area contributed by atoms with E-state index in [2.05, 4.69) is 5.32 Å². The molecule has 0 aromatic carbocycles. The van der Waals surface area contributed by atoms with E-state index in [1.54, 1.807) is 13.8 Å². The Balaban J connectivity index is 4.30. The molecule has 0 heterocycles. The van der Waals surface area contributed by atoms with Crippen molar-refractivity contribution in [1.29, 1.82) is 0 Å². The average Bonchev–Trinajstić information content (AvgIpc) is 2.15. The summed E-state index contributed by atoms with van der Waals surface area (Å²) < 4.78 is 26.2. The molecular weight excluding hydrogens is 218 g/mol. The fourth-order valence-corrected chi connectivity index (χ4v) is 2.14. The highest BCUT2D eigenvalue weighted by molar-refractivity contribution is 7.87. The lowest BCUT2D eigenvalue weighted by Crippen LogP contribution is -2.47. The van der Waals surface area contributed by atoms with Gasteiger partial charge in [0.25, 0.3) is 0 Å². The lowest BCUT2D eigenvalue weighted by Gasteiger charge is -2.18. The number of nitrogens with zero attached hydrogens (tertiary/aromatic N) is 1. The smallest absolute Gasteiger partial charge is 0.329 e. The molecule has 0 radical (unpaired) electrons. The van der Waals surface area contributed by atoms with E-state index in [4.69, 9.17) is 0 Å². The van der Waals surface area contributed by atoms with Crippen molar-refractivity contribution in [2.75, 3.05) is 19.6 Å². The van der Waals surface area contributed by atoms with Crippen molar-refractivity contribution in [3.05, 3.63) is 0 Å². The minimum Gasteiger partial charge on any atom is -0.337 e. The maximum Gasteiger partial charge on any atom is 0.329 e. The predicted octanol–water partition coefficient (Wildman–Crippen LogP) is 0.282. The molecule has 0 rings (SSSR count). The molecule has 15 heavy (non-hydrogen) atoms. The van der Waals surface area contributed by atoms with Crippen LogP contribution in [0.4, 0.5) is 4.79 Å². The zero-order valence-corrected chi connectivity index (χ0v) is 10.2. The Morgan fingerprint density at radius 2 is 1.73 bits per heavy atom. The van der Waals surface area contributed by atoms with Gasteiger partial charge < -0.3 is 5.32 Å². The van der Waals surface area contributed by atoms with Gasteiger partial charge in [-0.1, -0.05) is 20.8 Å². The van der Waals surface area contributed by atoms with Crippen LogP contribution < -0.4 is 10.0 Å². The number of urea groups is 1. The molecule has 0 bridgehead atoms. The van der Waals surface area contributed by atoms with Crippen molar-refractivity contribution >= 4 is 16.2 Å². The maximum absolute atomic E-state index is 11.5. The van der Waals surface area contributed by atoms with E-state index in [0.717, 1.165) is 6.42 Å². The van der Waals surface area contributed by atoms with Crippen LogP contribution in [-0.4, -0.2) is 38.4 Å². The third-order valence-electron chi connectivity index (χ3n) is 1.80. The van der Waals surface area contributed by atoms with E-state index < -0.39 is 16.2 Å². The van der Waals surface area contributed by atoms with Crippen LogP contribution >= 0.6 is 0 Å². The summed E-state index contributed by atoms with van der Waals surface area (Å²) in [7, 11) is -3.68. The van der Waals surface area contributed by atoms with E-state index >= 15 is 0 Å². The van der Waals surface area contributed by atoms with Crippen molar-refractivity contribution in [3.63, 3.8) is 0 Å². The predicted molar refractivity (Wildman–Crippen MR) is 58.7 cm³/mol. The van der Waals surface area contributed by atoms with Crippen molar-refractivity contribution in [1.82, 2.24) is 14.3 Å². The number of rotatable bonds is 6. The minimum atomic E-state index is -3.68. The van der Waals surface area contributed by atoms with Crippen molar-refractivity contribution in [2.24, 2.45) is 0 Å². The summed E-state index contributed by atoms with van der Waals surface area (Å²) in [5.74, 6) is 0. The second-order valence-corrected chi connectivity index (χ2v) is 4.62. The van der Waals surface area contributed by atoms with E-state index in [9.17, 15) is 13.2 Å². The van der Waals surface area contributed by atoms with Gasteiger partial charge in [0.15, 0.2) is 0 Å². The first-order chi connectivity index (χ1) is 6.97. The van der Waals surface area contributed by atoms with Crippen molar-refractivity contribution in [2.45, 2.75) is 27.2 Å². The van der Waals surface area contributed by atoms with E-state index in [1.807, 2.05) is 11.6 Å². The van der Waals surface area contributed by atoms with Crippen LogP contribution in [-0.2, 0) is 10.2 Å². The molecule has 0 saturated carbocycles. The average molecular weight is 237 g/mol. The molecule has 0 aromatic heterocycles. The number of carbonyl (C=O) groups is 1. The molecule has 0 unspecified atom stereocenters. The first-order valence-electron chi connectivity index (χ1n) is 5.03. The highest BCUT2D eigenvalue weighted by Gasteiger charge is 2.20. The summed E-state index contributed by atoms with van der Waals surface area (Å²) in [5.41, 5.74) is 0. The van der Waals surface area contributed by atoms with Gasteiger partial charge in [0, 0.05) is 19.6 Å². The van der Waals surface area contributed by atoms with E-state index in [1.165, 1.54) is 4.31 Å². The Labute approximate surface area is 91.2 Å². The van der Waals surface area contributed by atoms with Crippen LogP contribution in [0.1, 0.15) is 27.2 Å². The maximum atomic E-state index is 11.5. The summed E-state index contributed by atoms with van der Waals surface area (Å²) in [6, 6.07) is -0.677. The van der Waals surface area contributed by atoms with E-state index in [-0.39, 0.29) is 0 Å². The number of hydrogen-bond acceptors (Lipinski definition) is 3. The van der Waals surface area contributed by atoms with Gasteiger partial charge in [0.05, 0.1) is 0 Å². The van der Waals surface area contributed by atoms with Gasteiger partial charge in [0.1, 0.15) is 0 Å². The quantitative estimate of drug-likeness (QED) is 0.696. The number of hydrogen-bond donors (Lipinski definition) is 2. The monoisotopic (exact) mass is 237 g/mol. The summed E-state index contributed by atoms with van der Waals surface area (Å²) in [6.45, 7) is 6.46. The third kappa shape index (κ3) is 4.98. The number of nitrogens with one attached hydrogen (secondary N) is 2. The van der Waals surface area contributed by atoms with Crippen LogP contribution in [0.15, 0.2) is 0 Å². The molecule has 0 aliphatic rings. The lowest BCUT2D eigenvalue weighted by atomic mass is 10.5. The second kappa shape index (κ2) is 6.62. The Hall–Kier alpha value is -0.820. The number of carbonyl (C=O) groups excluding carboxylic acids is 1. The molecule has 0 atom stereocenters. The molecule has 0 aliphatic heterocycles. The Morgan fingerprint density at radius 1 is 1.20 bits per heavy atom. The molecule has 0 saturated heterocycles. The van der Waals surface area contributed by atoms with Crippen LogP contribution in [0.3, 0.4) is 0 Å². The summed E-state index contributed by atoms with van der Waals surface area (Å²) in [6.07, 6.45) is 0.763. The molecule has 0 aromatic rings. The second-order valence-electron chi connectivity index (χ2n) is 2.95. The summed E-state index contributed by atoms with van der Waals surface area (Å²) >= 11 is 0. The largest absolute Gasteiger partial charge is 0.337 e. The molecule has 7 heteroatoms. The van der Waals surface area contributed by atoms with Crippen molar-refractivity contribution < 1.29 is 13.2 Å². The molecule has 2 N–H and O–H groups in total. The molecule has 6 nitrogen and oxygen atoms in total. The van der Waals surface area contributed by atoms with Crippen molar-refractivity contribution in [3.8, 4) is 0 Å². The molecule has 0 aliphatic carbocycles. The first-order valence-corrected chi connectivity index (χ1v) is 6.47. The summed E-state index contributed by atoms with van der Waals surface area (Å²) in [5, 5.41) is 2.44. The first kappa shape index (κ1) is 14.2. The minimum absolute atomic E-state index is 0.340. The molecule has 0 fully saturated rings. The van der Waals surface area contributed by atoms with Crippen LogP contribution in [0, 0.1) is 0 Å². The third-order valence-corrected chi connectivity index (χ3v) is 3.44. The Morgan fingerprint density at radius 3 is 2.13 bits per heavy atom. The molecule has 2 amide bonds.